The van der Waals surface area contributed by atoms with Crippen molar-refractivity contribution in [3.05, 3.63) is 41.7 Å². The average molecular weight is 236 g/mol. The van der Waals surface area contributed by atoms with E-state index in [0.717, 1.165) is 12.2 Å². The Morgan fingerprint density at radius 1 is 1.44 bits per heavy atom. The second-order valence-corrected chi connectivity index (χ2v) is 4.90. The predicted octanol–water partition coefficient (Wildman–Crippen LogP) is 2.75. The summed E-state index contributed by atoms with van der Waals surface area (Å²) >= 11 is 1.67. The quantitative estimate of drug-likeness (QED) is 0.815. The van der Waals surface area contributed by atoms with Crippen molar-refractivity contribution < 1.29 is 9.84 Å². The molecule has 0 aromatic heterocycles. The Hall–Kier alpha value is -0.930. The van der Waals surface area contributed by atoms with Crippen LogP contribution in [0.15, 0.2) is 41.0 Å². The van der Waals surface area contributed by atoms with Crippen LogP contribution in [-0.4, -0.2) is 23.6 Å². The van der Waals surface area contributed by atoms with Gasteiger partial charge >= 0.3 is 0 Å². The molecule has 1 aromatic carbocycles. The maximum Gasteiger partial charge on any atom is 0.121 e. The van der Waals surface area contributed by atoms with Gasteiger partial charge in [-0.15, -0.1) is 11.8 Å². The van der Waals surface area contributed by atoms with E-state index in [4.69, 9.17) is 4.74 Å². The topological polar surface area (TPSA) is 29.5 Å². The molecule has 1 aromatic rings. The van der Waals surface area contributed by atoms with E-state index < -0.39 is 6.10 Å². The molecule has 1 aliphatic heterocycles. The maximum absolute atomic E-state index is 9.89. The smallest absolute Gasteiger partial charge is 0.121 e. The minimum absolute atomic E-state index is 0.480. The summed E-state index contributed by atoms with van der Waals surface area (Å²) in [6, 6.07) is 8.21. The zero-order valence-corrected chi connectivity index (χ0v) is 10.2. The van der Waals surface area contributed by atoms with Gasteiger partial charge in [0.2, 0.25) is 0 Å². The summed E-state index contributed by atoms with van der Waals surface area (Å²) < 4.78 is 5.33. The summed E-state index contributed by atoms with van der Waals surface area (Å²) in [5.74, 6) is 1.39. The third-order valence-corrected chi connectivity index (χ3v) is 3.80. The summed E-state index contributed by atoms with van der Waals surface area (Å²) in [7, 11) is 0. The van der Waals surface area contributed by atoms with Crippen LogP contribution in [0.3, 0.4) is 0 Å². The monoisotopic (exact) mass is 236 g/mol. The van der Waals surface area contributed by atoms with Crippen molar-refractivity contribution in [1.82, 2.24) is 0 Å². The molecule has 1 atom stereocenters. The van der Waals surface area contributed by atoms with Crippen molar-refractivity contribution in [2.24, 2.45) is 0 Å². The van der Waals surface area contributed by atoms with Crippen molar-refractivity contribution in [3.8, 4) is 0 Å². The van der Waals surface area contributed by atoms with Crippen molar-refractivity contribution in [2.75, 3.05) is 12.4 Å². The van der Waals surface area contributed by atoms with Crippen LogP contribution in [0.25, 0.3) is 0 Å². The fourth-order valence-corrected chi connectivity index (χ4v) is 2.61. The summed E-state index contributed by atoms with van der Waals surface area (Å²) in [5.41, 5.74) is 1.25. The van der Waals surface area contributed by atoms with Crippen LogP contribution in [0, 0.1) is 6.92 Å². The first-order valence-corrected chi connectivity index (χ1v) is 6.45. The van der Waals surface area contributed by atoms with Gasteiger partial charge in [-0.2, -0.15) is 0 Å². The lowest BCUT2D eigenvalue weighted by atomic mass is 10.2. The highest BCUT2D eigenvalue weighted by Crippen LogP contribution is 2.25. The summed E-state index contributed by atoms with van der Waals surface area (Å²) in [4.78, 5) is 1.22. The molecule has 0 bridgehead atoms. The molecule has 0 saturated carbocycles. The van der Waals surface area contributed by atoms with Crippen molar-refractivity contribution in [2.45, 2.75) is 24.3 Å². The number of aliphatic hydroxyl groups excluding tert-OH is 1. The highest BCUT2D eigenvalue weighted by Gasteiger charge is 2.16. The van der Waals surface area contributed by atoms with E-state index in [9.17, 15) is 5.11 Å². The van der Waals surface area contributed by atoms with E-state index in [1.807, 2.05) is 18.2 Å². The van der Waals surface area contributed by atoms with E-state index in [0.29, 0.717) is 12.4 Å². The lowest BCUT2D eigenvalue weighted by Crippen LogP contribution is -2.13. The van der Waals surface area contributed by atoms with Crippen LogP contribution < -0.4 is 0 Å². The van der Waals surface area contributed by atoms with Gasteiger partial charge in [-0.05, 0) is 24.6 Å². The van der Waals surface area contributed by atoms with Crippen LogP contribution >= 0.6 is 11.8 Å². The standard InChI is InChI=1S/C13H16O2S/c1-10-5-2-3-7-13(10)16-9-11(14)12-6-4-8-15-12/h2-3,5-7,11,14H,4,8-9H2,1H3. The first kappa shape index (κ1) is 11.6. The Morgan fingerprint density at radius 3 is 2.94 bits per heavy atom. The van der Waals surface area contributed by atoms with Gasteiger partial charge in [0, 0.05) is 17.1 Å². The number of rotatable bonds is 4. The average Bonchev–Trinajstić information content (AvgIpc) is 2.81. The largest absolute Gasteiger partial charge is 0.495 e. The van der Waals surface area contributed by atoms with Crippen molar-refractivity contribution in [3.63, 3.8) is 0 Å². The first-order chi connectivity index (χ1) is 7.77. The SMILES string of the molecule is Cc1ccccc1SCC(O)C1=CCCO1. The zero-order valence-electron chi connectivity index (χ0n) is 9.35. The number of thioether (sulfide) groups is 1. The van der Waals surface area contributed by atoms with E-state index in [2.05, 4.69) is 19.1 Å². The molecule has 86 valence electrons. The van der Waals surface area contributed by atoms with Crippen LogP contribution in [0.2, 0.25) is 0 Å². The fourth-order valence-electron chi connectivity index (χ4n) is 1.64. The maximum atomic E-state index is 9.89. The molecule has 1 unspecified atom stereocenters. The van der Waals surface area contributed by atoms with Gasteiger partial charge in [0.25, 0.3) is 0 Å². The Morgan fingerprint density at radius 2 is 2.25 bits per heavy atom. The van der Waals surface area contributed by atoms with Gasteiger partial charge in [0.1, 0.15) is 11.9 Å². The van der Waals surface area contributed by atoms with Gasteiger partial charge in [0.15, 0.2) is 0 Å². The minimum atomic E-state index is -0.480. The number of ether oxygens (including phenoxy) is 1. The lowest BCUT2D eigenvalue weighted by Gasteiger charge is -2.12. The normalized spacial score (nSPS) is 16.8. The van der Waals surface area contributed by atoms with Crippen LogP contribution in [-0.2, 0) is 4.74 Å². The molecule has 0 saturated heterocycles. The molecule has 2 nitrogen and oxygen atoms in total. The highest BCUT2D eigenvalue weighted by atomic mass is 32.2. The molecular formula is C13H16O2S. The zero-order chi connectivity index (χ0) is 11.4. The van der Waals surface area contributed by atoms with Crippen LogP contribution in [0.5, 0.6) is 0 Å². The third kappa shape index (κ3) is 2.80. The Labute approximate surface area is 100 Å². The first-order valence-electron chi connectivity index (χ1n) is 5.46. The number of aryl methyl sites for hydroxylation is 1. The molecule has 0 spiro atoms. The molecule has 1 N–H and O–H groups in total. The van der Waals surface area contributed by atoms with Crippen LogP contribution in [0.1, 0.15) is 12.0 Å². The molecule has 0 fully saturated rings. The molecule has 16 heavy (non-hydrogen) atoms. The lowest BCUT2D eigenvalue weighted by molar-refractivity contribution is 0.133. The fraction of sp³-hybridized carbons (Fsp3) is 0.385. The number of hydrogen-bond donors (Lipinski definition) is 1. The molecule has 0 radical (unpaired) electrons. The van der Waals surface area contributed by atoms with Crippen molar-refractivity contribution >= 4 is 11.8 Å². The molecule has 1 aliphatic rings. The molecule has 3 heteroatoms. The van der Waals surface area contributed by atoms with E-state index in [-0.39, 0.29) is 0 Å². The van der Waals surface area contributed by atoms with Crippen molar-refractivity contribution in [1.29, 1.82) is 0 Å². The molecular weight excluding hydrogens is 220 g/mol. The van der Waals surface area contributed by atoms with E-state index in [1.54, 1.807) is 11.8 Å². The Kier molecular flexibility index (Phi) is 3.91. The van der Waals surface area contributed by atoms with E-state index >= 15 is 0 Å². The summed E-state index contributed by atoms with van der Waals surface area (Å²) in [6.07, 6.45) is 2.41. The van der Waals surface area contributed by atoms with Gasteiger partial charge in [-0.1, -0.05) is 18.2 Å². The second-order valence-electron chi connectivity index (χ2n) is 3.84. The van der Waals surface area contributed by atoms with Gasteiger partial charge in [0.05, 0.1) is 6.61 Å². The van der Waals surface area contributed by atoms with Gasteiger partial charge < -0.3 is 9.84 Å². The van der Waals surface area contributed by atoms with Gasteiger partial charge in [-0.3, -0.25) is 0 Å². The minimum Gasteiger partial charge on any atom is -0.495 e. The third-order valence-electron chi connectivity index (χ3n) is 2.55. The number of aliphatic hydroxyl groups is 1. The van der Waals surface area contributed by atoms with Gasteiger partial charge in [-0.25, -0.2) is 0 Å². The Bertz CT molecular complexity index is 387. The molecule has 1 heterocycles. The highest BCUT2D eigenvalue weighted by molar-refractivity contribution is 7.99. The second kappa shape index (κ2) is 5.41. The summed E-state index contributed by atoms with van der Waals surface area (Å²) in [5, 5.41) is 9.89. The summed E-state index contributed by atoms with van der Waals surface area (Å²) in [6.45, 7) is 2.79. The number of benzene rings is 1. The molecule has 0 aliphatic carbocycles. The predicted molar refractivity (Wildman–Crippen MR) is 66.6 cm³/mol. The van der Waals surface area contributed by atoms with Crippen LogP contribution in [0.4, 0.5) is 0 Å². The van der Waals surface area contributed by atoms with E-state index in [1.165, 1.54) is 10.5 Å². The molecule has 0 amide bonds. The number of hydrogen-bond acceptors (Lipinski definition) is 3. The Balaban J connectivity index is 1.90. The molecule has 2 rings (SSSR count).